The number of rotatable bonds is 4. The molecular weight excluding hydrogens is 218 g/mol. The van der Waals surface area contributed by atoms with Gasteiger partial charge in [-0.15, -0.1) is 0 Å². The van der Waals surface area contributed by atoms with Crippen molar-refractivity contribution in [3.63, 3.8) is 0 Å². The van der Waals surface area contributed by atoms with Crippen LogP contribution in [0.15, 0.2) is 30.3 Å². The van der Waals surface area contributed by atoms with E-state index in [0.717, 1.165) is 18.5 Å². The van der Waals surface area contributed by atoms with Crippen molar-refractivity contribution in [1.82, 2.24) is 5.06 Å². The normalized spacial score (nSPS) is 20.4. The highest BCUT2D eigenvalue weighted by Crippen LogP contribution is 2.18. The average Bonchev–Trinajstić information content (AvgIpc) is 2.85. The Kier molecular flexibility index (Phi) is 4.12. The van der Waals surface area contributed by atoms with Crippen molar-refractivity contribution in [3.05, 3.63) is 35.9 Å². The number of benzene rings is 1. The van der Waals surface area contributed by atoms with Gasteiger partial charge in [0.1, 0.15) is 0 Å². The Hall–Kier alpha value is -1.39. The summed E-state index contributed by atoms with van der Waals surface area (Å²) < 4.78 is 4.72. The van der Waals surface area contributed by atoms with Gasteiger partial charge in [-0.3, -0.25) is 9.63 Å². The van der Waals surface area contributed by atoms with Gasteiger partial charge in [-0.25, -0.2) is 0 Å². The van der Waals surface area contributed by atoms with E-state index in [9.17, 15) is 4.79 Å². The van der Waals surface area contributed by atoms with E-state index in [0.29, 0.717) is 13.2 Å². The number of esters is 1. The van der Waals surface area contributed by atoms with Crippen LogP contribution in [0.4, 0.5) is 0 Å². The first-order valence-electron chi connectivity index (χ1n) is 5.79. The summed E-state index contributed by atoms with van der Waals surface area (Å²) >= 11 is 0. The number of nitrogens with zero attached hydrogens (tertiary/aromatic N) is 1. The molecule has 1 aliphatic heterocycles. The zero-order chi connectivity index (χ0) is 12.1. The van der Waals surface area contributed by atoms with Gasteiger partial charge in [0.2, 0.25) is 0 Å². The van der Waals surface area contributed by atoms with Crippen molar-refractivity contribution in [2.45, 2.75) is 13.0 Å². The number of hydroxylamine groups is 2. The third-order valence-corrected chi connectivity index (χ3v) is 2.94. The van der Waals surface area contributed by atoms with Crippen molar-refractivity contribution < 1.29 is 14.4 Å². The van der Waals surface area contributed by atoms with E-state index < -0.39 is 0 Å². The third-order valence-electron chi connectivity index (χ3n) is 2.94. The lowest BCUT2D eigenvalue weighted by molar-refractivity contribution is -0.162. The fourth-order valence-electron chi connectivity index (χ4n) is 1.94. The Bertz CT molecular complexity index is 366. The summed E-state index contributed by atoms with van der Waals surface area (Å²) in [7, 11) is 1.43. The molecule has 0 aromatic heterocycles. The standard InChI is InChI=1S/C13H17NO3/c1-16-13(15)12-7-8-14(9-12)17-10-11-5-3-2-4-6-11/h2-6,12H,7-10H2,1H3. The first kappa shape index (κ1) is 12.1. The summed E-state index contributed by atoms with van der Waals surface area (Å²) in [6.07, 6.45) is 0.807. The van der Waals surface area contributed by atoms with Crippen molar-refractivity contribution in [3.8, 4) is 0 Å². The van der Waals surface area contributed by atoms with Gasteiger partial charge in [0.25, 0.3) is 0 Å². The number of carbonyl (C=O) groups excluding carboxylic acids is 1. The van der Waals surface area contributed by atoms with Crippen LogP contribution >= 0.6 is 0 Å². The molecule has 1 aromatic rings. The molecule has 0 bridgehead atoms. The fourth-order valence-corrected chi connectivity index (χ4v) is 1.94. The SMILES string of the molecule is COC(=O)C1CCN(OCc2ccccc2)C1. The second kappa shape index (κ2) is 5.80. The minimum absolute atomic E-state index is 0.0456. The molecule has 1 unspecified atom stereocenters. The molecule has 0 amide bonds. The van der Waals surface area contributed by atoms with E-state index in [1.807, 2.05) is 35.4 Å². The zero-order valence-electron chi connectivity index (χ0n) is 9.96. The van der Waals surface area contributed by atoms with Crippen LogP contribution in [-0.4, -0.2) is 31.2 Å². The Morgan fingerprint density at radius 2 is 2.18 bits per heavy atom. The number of ether oxygens (including phenoxy) is 1. The summed E-state index contributed by atoms with van der Waals surface area (Å²) in [4.78, 5) is 17.0. The largest absolute Gasteiger partial charge is 0.469 e. The molecule has 2 rings (SSSR count). The molecular formula is C13H17NO3. The monoisotopic (exact) mass is 235 g/mol. The molecule has 0 saturated carbocycles. The van der Waals surface area contributed by atoms with Crippen molar-refractivity contribution in [2.24, 2.45) is 5.92 Å². The molecule has 1 saturated heterocycles. The molecule has 1 heterocycles. The molecule has 17 heavy (non-hydrogen) atoms. The molecule has 0 radical (unpaired) electrons. The number of methoxy groups -OCH3 is 1. The first-order chi connectivity index (χ1) is 8.29. The third kappa shape index (κ3) is 3.28. The van der Waals surface area contributed by atoms with Crippen LogP contribution in [0.2, 0.25) is 0 Å². The average molecular weight is 235 g/mol. The van der Waals surface area contributed by atoms with E-state index >= 15 is 0 Å². The zero-order valence-corrected chi connectivity index (χ0v) is 9.96. The molecule has 0 spiro atoms. The smallest absolute Gasteiger partial charge is 0.310 e. The second-order valence-electron chi connectivity index (χ2n) is 4.16. The van der Waals surface area contributed by atoms with E-state index in [2.05, 4.69) is 0 Å². The molecule has 0 aliphatic carbocycles. The van der Waals surface area contributed by atoms with Gasteiger partial charge in [-0.05, 0) is 12.0 Å². The van der Waals surface area contributed by atoms with Gasteiger partial charge < -0.3 is 4.74 Å². The molecule has 4 nitrogen and oxygen atoms in total. The maximum absolute atomic E-state index is 11.3. The van der Waals surface area contributed by atoms with E-state index in [1.165, 1.54) is 7.11 Å². The summed E-state index contributed by atoms with van der Waals surface area (Å²) in [5.74, 6) is -0.188. The van der Waals surface area contributed by atoms with Gasteiger partial charge in [-0.1, -0.05) is 30.3 Å². The topological polar surface area (TPSA) is 38.8 Å². The lowest BCUT2D eigenvalue weighted by atomic mass is 10.1. The van der Waals surface area contributed by atoms with E-state index in [4.69, 9.17) is 9.57 Å². The van der Waals surface area contributed by atoms with E-state index in [1.54, 1.807) is 0 Å². The van der Waals surface area contributed by atoms with Crippen LogP contribution in [0, 0.1) is 5.92 Å². The summed E-state index contributed by atoms with van der Waals surface area (Å²) in [5, 5.41) is 1.84. The lowest BCUT2D eigenvalue weighted by Gasteiger charge is -2.15. The minimum atomic E-state index is -0.143. The Balaban J connectivity index is 1.77. The maximum atomic E-state index is 11.3. The predicted molar refractivity (Wildman–Crippen MR) is 62.9 cm³/mol. The summed E-state index contributed by atoms with van der Waals surface area (Å²) in [6.45, 7) is 1.96. The van der Waals surface area contributed by atoms with Gasteiger partial charge in [-0.2, -0.15) is 5.06 Å². The van der Waals surface area contributed by atoms with Crippen LogP contribution in [-0.2, 0) is 21.0 Å². The van der Waals surface area contributed by atoms with Crippen LogP contribution < -0.4 is 0 Å². The number of hydrogen-bond acceptors (Lipinski definition) is 4. The van der Waals surface area contributed by atoms with Gasteiger partial charge in [0.05, 0.1) is 19.6 Å². The molecule has 1 atom stereocenters. The van der Waals surface area contributed by atoms with Gasteiger partial charge >= 0.3 is 5.97 Å². The van der Waals surface area contributed by atoms with E-state index in [-0.39, 0.29) is 11.9 Å². The van der Waals surface area contributed by atoms with Crippen LogP contribution in [0.3, 0.4) is 0 Å². The first-order valence-corrected chi connectivity index (χ1v) is 5.79. The molecule has 0 N–H and O–H groups in total. The number of hydrogen-bond donors (Lipinski definition) is 0. The van der Waals surface area contributed by atoms with Crippen LogP contribution in [0.5, 0.6) is 0 Å². The molecule has 1 aliphatic rings. The highest BCUT2D eigenvalue weighted by Gasteiger charge is 2.29. The molecule has 1 fully saturated rings. The maximum Gasteiger partial charge on any atom is 0.310 e. The van der Waals surface area contributed by atoms with Gasteiger partial charge in [0, 0.05) is 13.1 Å². The Labute approximate surface area is 101 Å². The van der Waals surface area contributed by atoms with Crippen LogP contribution in [0.1, 0.15) is 12.0 Å². The van der Waals surface area contributed by atoms with Crippen molar-refractivity contribution in [1.29, 1.82) is 0 Å². The molecule has 92 valence electrons. The lowest BCUT2D eigenvalue weighted by Crippen LogP contribution is -2.24. The fraction of sp³-hybridized carbons (Fsp3) is 0.462. The highest BCUT2D eigenvalue weighted by molar-refractivity contribution is 5.72. The quantitative estimate of drug-likeness (QED) is 0.743. The second-order valence-corrected chi connectivity index (χ2v) is 4.16. The van der Waals surface area contributed by atoms with Crippen molar-refractivity contribution >= 4 is 5.97 Å². The molecule has 4 heteroatoms. The Morgan fingerprint density at radius 3 is 2.88 bits per heavy atom. The van der Waals surface area contributed by atoms with Crippen molar-refractivity contribution in [2.75, 3.05) is 20.2 Å². The highest BCUT2D eigenvalue weighted by atomic mass is 16.7. The van der Waals surface area contributed by atoms with Crippen LogP contribution in [0.25, 0.3) is 0 Å². The predicted octanol–water partition coefficient (Wildman–Crippen LogP) is 1.61. The number of carbonyl (C=O) groups is 1. The minimum Gasteiger partial charge on any atom is -0.469 e. The Morgan fingerprint density at radius 1 is 1.41 bits per heavy atom. The summed E-state index contributed by atoms with van der Waals surface area (Å²) in [6, 6.07) is 9.99. The summed E-state index contributed by atoms with van der Waals surface area (Å²) in [5.41, 5.74) is 1.13. The molecule has 1 aromatic carbocycles. The van der Waals surface area contributed by atoms with Gasteiger partial charge in [0.15, 0.2) is 0 Å².